The van der Waals surface area contributed by atoms with Gasteiger partial charge in [0.1, 0.15) is 12.1 Å². The van der Waals surface area contributed by atoms with E-state index in [0.717, 1.165) is 10.5 Å². The Morgan fingerprint density at radius 3 is 2.44 bits per heavy atom. The van der Waals surface area contributed by atoms with Crippen LogP contribution in [0.15, 0.2) is 42.5 Å². The number of anilines is 1. The number of hydrogen-bond donors (Lipinski definition) is 2. The number of aliphatic hydroxyl groups excluding tert-OH is 1. The summed E-state index contributed by atoms with van der Waals surface area (Å²) in [6.45, 7) is -0.578. The number of nitriles is 1. The van der Waals surface area contributed by atoms with Crippen LogP contribution in [-0.4, -0.2) is 52.6 Å². The quantitative estimate of drug-likeness (QED) is 0.648. The highest BCUT2D eigenvalue weighted by Crippen LogP contribution is 2.43. The van der Waals surface area contributed by atoms with Gasteiger partial charge in [-0.2, -0.15) is 5.26 Å². The van der Waals surface area contributed by atoms with Gasteiger partial charge in [0.25, 0.3) is 5.91 Å². The number of urea groups is 1. The maximum atomic E-state index is 13.7. The van der Waals surface area contributed by atoms with E-state index in [1.807, 2.05) is 6.07 Å². The zero-order valence-corrected chi connectivity index (χ0v) is 18.2. The number of benzene rings is 2. The van der Waals surface area contributed by atoms with Gasteiger partial charge in [-0.05, 0) is 35.9 Å². The molecule has 0 unspecified atom stereocenters. The molecule has 2 saturated heterocycles. The fraction of sp³-hybridized carbons (Fsp3) is 0.273. The molecule has 0 saturated carbocycles. The second-order valence-corrected chi connectivity index (χ2v) is 8.68. The van der Waals surface area contributed by atoms with Crippen LogP contribution in [0.3, 0.4) is 0 Å². The molecule has 2 aliphatic rings. The zero-order chi connectivity index (χ0) is 23.0. The van der Waals surface area contributed by atoms with Crippen LogP contribution in [0.25, 0.3) is 0 Å². The smallest absolute Gasteiger partial charge is 0.332 e. The third-order valence-electron chi connectivity index (χ3n) is 5.72. The molecule has 0 aromatic heterocycles. The van der Waals surface area contributed by atoms with Gasteiger partial charge in [0.05, 0.1) is 17.3 Å². The topological polar surface area (TPSA) is 114 Å². The molecule has 0 aliphatic carbocycles. The maximum Gasteiger partial charge on any atom is 0.332 e. The summed E-state index contributed by atoms with van der Waals surface area (Å²) < 4.78 is 0. The Labute approximate surface area is 193 Å². The van der Waals surface area contributed by atoms with Crippen molar-refractivity contribution >= 4 is 46.7 Å². The van der Waals surface area contributed by atoms with Crippen molar-refractivity contribution in [2.75, 3.05) is 18.1 Å². The monoisotopic (exact) mass is 472 g/mol. The van der Waals surface area contributed by atoms with Crippen LogP contribution in [0.1, 0.15) is 17.5 Å². The average molecular weight is 473 g/mol. The summed E-state index contributed by atoms with van der Waals surface area (Å²) in [6.07, 6.45) is 0.369. The first-order chi connectivity index (χ1) is 15.3. The molecule has 4 amide bonds. The molecule has 8 nitrogen and oxygen atoms in total. The largest absolute Gasteiger partial charge is 0.387 e. The van der Waals surface area contributed by atoms with Crippen molar-refractivity contribution in [3.05, 3.63) is 63.6 Å². The van der Waals surface area contributed by atoms with Gasteiger partial charge in [0, 0.05) is 35.5 Å². The maximum absolute atomic E-state index is 13.7. The van der Waals surface area contributed by atoms with Crippen LogP contribution in [0.5, 0.6) is 0 Å². The minimum Gasteiger partial charge on any atom is -0.387 e. The summed E-state index contributed by atoms with van der Waals surface area (Å²) in [5.41, 5.74) is 0.261. The van der Waals surface area contributed by atoms with E-state index in [4.69, 9.17) is 33.6 Å². The molecule has 2 aliphatic heterocycles. The first kappa shape index (κ1) is 22.1. The van der Waals surface area contributed by atoms with Crippen LogP contribution in [0, 0.1) is 11.3 Å². The Balaban J connectivity index is 1.73. The average Bonchev–Trinajstić information content (AvgIpc) is 3.20. The summed E-state index contributed by atoms with van der Waals surface area (Å²) in [5.74, 6) is -1.03. The highest BCUT2D eigenvalue weighted by Gasteiger charge is 2.62. The van der Waals surface area contributed by atoms with E-state index in [1.165, 1.54) is 23.1 Å². The van der Waals surface area contributed by atoms with Crippen LogP contribution >= 0.6 is 23.2 Å². The highest BCUT2D eigenvalue weighted by atomic mass is 35.5. The van der Waals surface area contributed by atoms with Crippen molar-refractivity contribution in [3.8, 4) is 6.07 Å². The van der Waals surface area contributed by atoms with Gasteiger partial charge in [-0.1, -0.05) is 35.3 Å². The normalized spacial score (nSPS) is 22.1. The van der Waals surface area contributed by atoms with Gasteiger partial charge >= 0.3 is 6.03 Å². The molecule has 10 heteroatoms. The summed E-state index contributed by atoms with van der Waals surface area (Å²) in [6, 6.07) is 12.3. The number of amides is 4. The summed E-state index contributed by atoms with van der Waals surface area (Å²) in [7, 11) is 0. The highest BCUT2D eigenvalue weighted by molar-refractivity contribution is 6.35. The summed E-state index contributed by atoms with van der Waals surface area (Å²) in [5, 5.41) is 21.3. The number of rotatable bonds is 5. The lowest BCUT2D eigenvalue weighted by Crippen LogP contribution is -2.47. The fourth-order valence-corrected chi connectivity index (χ4v) is 4.92. The molecule has 2 heterocycles. The second-order valence-electron chi connectivity index (χ2n) is 7.81. The van der Waals surface area contributed by atoms with Gasteiger partial charge < -0.3 is 15.3 Å². The predicted molar refractivity (Wildman–Crippen MR) is 117 cm³/mol. The predicted octanol–water partition coefficient (Wildman–Crippen LogP) is 2.50. The Kier molecular flexibility index (Phi) is 5.82. The molecular formula is C22H18Cl2N4O4. The summed E-state index contributed by atoms with van der Waals surface area (Å²) >= 11 is 12.2. The van der Waals surface area contributed by atoms with Gasteiger partial charge in [-0.25, -0.2) is 9.69 Å². The van der Waals surface area contributed by atoms with E-state index in [9.17, 15) is 14.4 Å². The molecule has 0 bridgehead atoms. The molecule has 32 heavy (non-hydrogen) atoms. The van der Waals surface area contributed by atoms with Crippen molar-refractivity contribution in [3.63, 3.8) is 0 Å². The fourth-order valence-electron chi connectivity index (χ4n) is 4.40. The lowest BCUT2D eigenvalue weighted by molar-refractivity contribution is -0.125. The number of carbonyl (C=O) groups is 3. The number of aliphatic hydroxyl groups is 1. The Morgan fingerprint density at radius 1 is 1.19 bits per heavy atom. The molecule has 2 fully saturated rings. The third kappa shape index (κ3) is 3.79. The van der Waals surface area contributed by atoms with Crippen molar-refractivity contribution in [2.24, 2.45) is 0 Å². The number of nitrogens with one attached hydrogen (secondary N) is 1. The second kappa shape index (κ2) is 8.43. The lowest BCUT2D eigenvalue weighted by atomic mass is 9.86. The van der Waals surface area contributed by atoms with Gasteiger partial charge in [0.2, 0.25) is 5.91 Å². The van der Waals surface area contributed by atoms with Gasteiger partial charge in [-0.15, -0.1) is 0 Å². The number of fused-ring (bicyclic) bond motifs is 1. The van der Waals surface area contributed by atoms with Crippen LogP contribution in [0.4, 0.5) is 10.5 Å². The first-order valence-electron chi connectivity index (χ1n) is 9.79. The van der Waals surface area contributed by atoms with Gasteiger partial charge in [-0.3, -0.25) is 9.59 Å². The number of nitrogens with zero attached hydrogens (tertiary/aromatic N) is 3. The Morgan fingerprint density at radius 2 is 1.84 bits per heavy atom. The molecule has 2 aromatic carbocycles. The number of hydrogen-bond acceptors (Lipinski definition) is 5. The Bertz CT molecular complexity index is 1130. The van der Waals surface area contributed by atoms with Crippen LogP contribution < -0.4 is 10.2 Å². The van der Waals surface area contributed by atoms with E-state index in [2.05, 4.69) is 5.32 Å². The molecule has 2 atom stereocenters. The van der Waals surface area contributed by atoms with Crippen molar-refractivity contribution in [1.82, 2.24) is 10.2 Å². The SMILES string of the molecule is N#Cc1ccc(C[C@@]23C[C@H](NC(=O)CO)CN2C(=O)N(c2cc(Cl)cc(Cl)c2)C3=O)cc1. The molecule has 2 aromatic rings. The molecule has 0 spiro atoms. The number of halogens is 2. The molecule has 0 radical (unpaired) electrons. The van der Waals surface area contributed by atoms with Crippen molar-refractivity contribution < 1.29 is 19.5 Å². The van der Waals surface area contributed by atoms with E-state index in [1.54, 1.807) is 24.3 Å². The van der Waals surface area contributed by atoms with Crippen LogP contribution in [-0.2, 0) is 16.0 Å². The van der Waals surface area contributed by atoms with E-state index < -0.39 is 36.0 Å². The molecule has 4 rings (SSSR count). The zero-order valence-electron chi connectivity index (χ0n) is 16.7. The number of imide groups is 1. The Hall–Kier alpha value is -3.12. The number of carbonyl (C=O) groups excluding carboxylic acids is 3. The third-order valence-corrected chi connectivity index (χ3v) is 6.16. The molecule has 164 valence electrons. The molecule has 2 N–H and O–H groups in total. The van der Waals surface area contributed by atoms with E-state index in [0.29, 0.717) is 5.56 Å². The summed E-state index contributed by atoms with van der Waals surface area (Å²) in [4.78, 5) is 41.3. The standard InChI is InChI=1S/C22H18Cl2N4O4/c23-15-5-16(24)7-18(6-15)28-20(31)22(8-13-1-3-14(10-25)4-2-13)9-17(26-19(30)12-29)11-27(22)21(28)32/h1-7,17,29H,8-9,11-12H2,(H,26,30)/t17-,22-/m0/s1. The van der Waals surface area contributed by atoms with Crippen molar-refractivity contribution in [1.29, 1.82) is 5.26 Å². The minimum absolute atomic E-state index is 0.109. The van der Waals surface area contributed by atoms with E-state index >= 15 is 0 Å². The lowest BCUT2D eigenvalue weighted by Gasteiger charge is -2.28. The van der Waals surface area contributed by atoms with Gasteiger partial charge in [0.15, 0.2) is 0 Å². The molecular weight excluding hydrogens is 455 g/mol. The minimum atomic E-state index is -1.24. The van der Waals surface area contributed by atoms with Crippen LogP contribution in [0.2, 0.25) is 10.0 Å². The van der Waals surface area contributed by atoms with E-state index in [-0.39, 0.29) is 35.1 Å². The first-order valence-corrected chi connectivity index (χ1v) is 10.5. The van der Waals surface area contributed by atoms with Crippen molar-refractivity contribution in [2.45, 2.75) is 24.4 Å².